The number of carbonyl (C=O) groups excluding carboxylic acids is 1. The quantitative estimate of drug-likeness (QED) is 0.760. The van der Waals surface area contributed by atoms with E-state index >= 15 is 0 Å². The van der Waals surface area contributed by atoms with E-state index in [1.54, 1.807) is 6.20 Å². The third-order valence-corrected chi connectivity index (χ3v) is 5.65. The minimum absolute atomic E-state index is 0.0512. The molecule has 4 rings (SSSR count). The Morgan fingerprint density at radius 2 is 1.89 bits per heavy atom. The number of carbonyl (C=O) groups is 1. The highest BCUT2D eigenvalue weighted by Crippen LogP contribution is 2.29. The van der Waals surface area contributed by atoms with E-state index in [9.17, 15) is 4.79 Å². The van der Waals surface area contributed by atoms with E-state index in [2.05, 4.69) is 31.1 Å². The second kappa shape index (κ2) is 7.24. The topological polar surface area (TPSA) is 64.2 Å². The molecule has 5 nitrogen and oxygen atoms in total. The molecular weight excluding hydrogens is 348 g/mol. The number of amides is 1. The molecule has 0 bridgehead atoms. The Labute approximate surface area is 165 Å². The van der Waals surface area contributed by atoms with Crippen LogP contribution in [-0.2, 0) is 0 Å². The fourth-order valence-electron chi connectivity index (χ4n) is 3.84. The molecular formula is C23H26N4O. The van der Waals surface area contributed by atoms with Crippen LogP contribution < -0.4 is 5.73 Å². The van der Waals surface area contributed by atoms with Gasteiger partial charge in [-0.05, 0) is 36.1 Å². The van der Waals surface area contributed by atoms with Crippen LogP contribution >= 0.6 is 0 Å². The zero-order valence-corrected chi connectivity index (χ0v) is 16.4. The van der Waals surface area contributed by atoms with E-state index in [1.165, 1.54) is 0 Å². The standard InChI is InChI=1S/C23H26N4O/c1-23(2)16-26(14-12-21(23)24)22(28)18-9-6-10-19(15-18)27-20(11-13-25-27)17-7-4-3-5-8-17/h3-11,13,15,21H,12,14,16,24H2,1-2H3. The van der Waals surface area contributed by atoms with Gasteiger partial charge in [0.25, 0.3) is 5.91 Å². The molecule has 1 aliphatic rings. The van der Waals surface area contributed by atoms with E-state index in [1.807, 2.05) is 58.1 Å². The van der Waals surface area contributed by atoms with Crippen LogP contribution in [-0.4, -0.2) is 39.7 Å². The summed E-state index contributed by atoms with van der Waals surface area (Å²) in [7, 11) is 0. The molecule has 2 N–H and O–H groups in total. The predicted octanol–water partition coefficient (Wildman–Crippen LogP) is 3.74. The fraction of sp³-hybridized carbons (Fsp3) is 0.304. The summed E-state index contributed by atoms with van der Waals surface area (Å²) in [5.41, 5.74) is 9.79. The summed E-state index contributed by atoms with van der Waals surface area (Å²) >= 11 is 0. The number of benzene rings is 2. The maximum Gasteiger partial charge on any atom is 0.253 e. The van der Waals surface area contributed by atoms with Gasteiger partial charge in [-0.25, -0.2) is 4.68 Å². The number of hydrogen-bond donors (Lipinski definition) is 1. The van der Waals surface area contributed by atoms with Crippen molar-refractivity contribution in [2.75, 3.05) is 13.1 Å². The first-order valence-electron chi connectivity index (χ1n) is 9.70. The molecule has 1 aliphatic heterocycles. The third-order valence-electron chi connectivity index (χ3n) is 5.65. The maximum absolute atomic E-state index is 13.1. The molecule has 28 heavy (non-hydrogen) atoms. The number of nitrogens with zero attached hydrogens (tertiary/aromatic N) is 3. The van der Waals surface area contributed by atoms with E-state index in [4.69, 9.17) is 5.73 Å². The maximum atomic E-state index is 13.1. The molecule has 1 amide bonds. The molecule has 1 fully saturated rings. The van der Waals surface area contributed by atoms with Gasteiger partial charge in [0.15, 0.2) is 0 Å². The highest BCUT2D eigenvalue weighted by Gasteiger charge is 2.35. The van der Waals surface area contributed by atoms with E-state index < -0.39 is 0 Å². The van der Waals surface area contributed by atoms with Gasteiger partial charge < -0.3 is 10.6 Å². The van der Waals surface area contributed by atoms with Crippen molar-refractivity contribution in [2.45, 2.75) is 26.3 Å². The Balaban J connectivity index is 1.63. The zero-order valence-electron chi connectivity index (χ0n) is 16.4. The minimum atomic E-state index is -0.0754. The summed E-state index contributed by atoms with van der Waals surface area (Å²) in [5, 5.41) is 4.48. The Hall–Kier alpha value is -2.92. The normalized spacial score (nSPS) is 18.8. The number of aromatic nitrogens is 2. The van der Waals surface area contributed by atoms with Crippen molar-refractivity contribution in [2.24, 2.45) is 11.1 Å². The smallest absolute Gasteiger partial charge is 0.253 e. The molecule has 1 aromatic heterocycles. The van der Waals surface area contributed by atoms with Crippen molar-refractivity contribution >= 4 is 5.91 Å². The Morgan fingerprint density at radius 1 is 1.11 bits per heavy atom. The van der Waals surface area contributed by atoms with Gasteiger partial charge in [0, 0.05) is 30.3 Å². The molecule has 0 spiro atoms. The second-order valence-electron chi connectivity index (χ2n) is 8.16. The summed E-state index contributed by atoms with van der Waals surface area (Å²) in [6.07, 6.45) is 2.61. The summed E-state index contributed by atoms with van der Waals surface area (Å²) < 4.78 is 1.88. The van der Waals surface area contributed by atoms with Gasteiger partial charge in [0.1, 0.15) is 0 Å². The van der Waals surface area contributed by atoms with Crippen molar-refractivity contribution in [1.29, 1.82) is 0 Å². The largest absolute Gasteiger partial charge is 0.338 e. The molecule has 2 heterocycles. The van der Waals surface area contributed by atoms with Gasteiger partial charge >= 0.3 is 0 Å². The lowest BCUT2D eigenvalue weighted by atomic mass is 9.79. The Bertz CT molecular complexity index is 977. The number of likely N-dealkylation sites (tertiary alicyclic amines) is 1. The van der Waals surface area contributed by atoms with Crippen molar-refractivity contribution in [3.63, 3.8) is 0 Å². The number of piperidine rings is 1. The fourth-order valence-corrected chi connectivity index (χ4v) is 3.84. The molecule has 5 heteroatoms. The van der Waals surface area contributed by atoms with Crippen molar-refractivity contribution in [1.82, 2.24) is 14.7 Å². The zero-order chi connectivity index (χ0) is 19.7. The molecule has 0 saturated carbocycles. The molecule has 1 atom stereocenters. The van der Waals surface area contributed by atoms with Crippen molar-refractivity contribution < 1.29 is 4.79 Å². The molecule has 0 aliphatic carbocycles. The van der Waals surface area contributed by atoms with Crippen LogP contribution in [0, 0.1) is 5.41 Å². The lowest BCUT2D eigenvalue weighted by molar-refractivity contribution is 0.0533. The lowest BCUT2D eigenvalue weighted by Gasteiger charge is -2.42. The number of hydrogen-bond acceptors (Lipinski definition) is 3. The van der Waals surface area contributed by atoms with Gasteiger partial charge in [-0.3, -0.25) is 4.79 Å². The highest BCUT2D eigenvalue weighted by molar-refractivity contribution is 5.95. The van der Waals surface area contributed by atoms with Crippen LogP contribution in [0.15, 0.2) is 66.9 Å². The van der Waals surface area contributed by atoms with Crippen LogP contribution in [0.1, 0.15) is 30.6 Å². The van der Waals surface area contributed by atoms with Gasteiger partial charge in [-0.15, -0.1) is 0 Å². The van der Waals surface area contributed by atoms with E-state index in [0.29, 0.717) is 18.7 Å². The second-order valence-corrected chi connectivity index (χ2v) is 8.16. The summed E-state index contributed by atoms with van der Waals surface area (Å²) in [6.45, 7) is 5.63. The van der Waals surface area contributed by atoms with E-state index in [0.717, 1.165) is 23.4 Å². The first kappa shape index (κ1) is 18.4. The summed E-state index contributed by atoms with van der Waals surface area (Å²) in [5.74, 6) is 0.0512. The van der Waals surface area contributed by atoms with Gasteiger partial charge in [0.2, 0.25) is 0 Å². The van der Waals surface area contributed by atoms with Crippen LogP contribution in [0.3, 0.4) is 0 Å². The Morgan fingerprint density at radius 3 is 2.64 bits per heavy atom. The molecule has 1 saturated heterocycles. The van der Waals surface area contributed by atoms with Crippen LogP contribution in [0.2, 0.25) is 0 Å². The highest BCUT2D eigenvalue weighted by atomic mass is 16.2. The average molecular weight is 374 g/mol. The first-order valence-corrected chi connectivity index (χ1v) is 9.70. The van der Waals surface area contributed by atoms with Crippen LogP contribution in [0.4, 0.5) is 0 Å². The minimum Gasteiger partial charge on any atom is -0.338 e. The molecule has 144 valence electrons. The van der Waals surface area contributed by atoms with E-state index in [-0.39, 0.29) is 17.4 Å². The molecule has 1 unspecified atom stereocenters. The van der Waals surface area contributed by atoms with Gasteiger partial charge in [0.05, 0.1) is 17.6 Å². The van der Waals surface area contributed by atoms with Gasteiger partial charge in [-0.2, -0.15) is 5.10 Å². The average Bonchev–Trinajstić information content (AvgIpc) is 3.20. The monoisotopic (exact) mass is 374 g/mol. The summed E-state index contributed by atoms with van der Waals surface area (Å²) in [4.78, 5) is 15.0. The predicted molar refractivity (Wildman–Crippen MR) is 111 cm³/mol. The van der Waals surface area contributed by atoms with Crippen LogP contribution in [0.25, 0.3) is 16.9 Å². The number of rotatable bonds is 3. The van der Waals surface area contributed by atoms with Gasteiger partial charge in [-0.1, -0.05) is 50.2 Å². The first-order chi connectivity index (χ1) is 13.5. The van der Waals surface area contributed by atoms with Crippen LogP contribution in [0.5, 0.6) is 0 Å². The number of nitrogens with two attached hydrogens (primary N) is 1. The van der Waals surface area contributed by atoms with Crippen molar-refractivity contribution in [3.05, 3.63) is 72.4 Å². The Kier molecular flexibility index (Phi) is 4.77. The molecule has 2 aromatic carbocycles. The lowest BCUT2D eigenvalue weighted by Crippen LogP contribution is -2.54. The SMILES string of the molecule is CC1(C)CN(C(=O)c2cccc(-n3nccc3-c3ccccc3)c2)CCC1N. The summed E-state index contributed by atoms with van der Waals surface area (Å²) in [6, 6.07) is 19.9. The third kappa shape index (κ3) is 3.45. The molecule has 0 radical (unpaired) electrons. The molecule has 3 aromatic rings. The van der Waals surface area contributed by atoms with Crippen molar-refractivity contribution in [3.8, 4) is 16.9 Å².